The van der Waals surface area contributed by atoms with E-state index in [2.05, 4.69) is 5.32 Å². The average molecular weight is 306 g/mol. The fourth-order valence-corrected chi connectivity index (χ4v) is 4.56. The van der Waals surface area contributed by atoms with Crippen LogP contribution in [-0.2, 0) is 9.53 Å². The van der Waals surface area contributed by atoms with Crippen molar-refractivity contribution in [2.24, 2.45) is 0 Å². The van der Waals surface area contributed by atoms with Crippen LogP contribution < -0.4 is 5.32 Å². The highest BCUT2D eigenvalue weighted by Crippen LogP contribution is 2.23. The summed E-state index contributed by atoms with van der Waals surface area (Å²) in [6, 6.07) is -0.189. The molecule has 2 heterocycles. The van der Waals surface area contributed by atoms with Gasteiger partial charge in [0.2, 0.25) is 0 Å². The number of urea groups is 1. The first kappa shape index (κ1) is 14.8. The van der Waals surface area contributed by atoms with Crippen LogP contribution in [0.15, 0.2) is 0 Å². The van der Waals surface area contributed by atoms with Gasteiger partial charge in [-0.05, 0) is 0 Å². The Bertz CT molecular complexity index is 337. The van der Waals surface area contributed by atoms with Crippen molar-refractivity contribution in [3.05, 3.63) is 0 Å². The maximum Gasteiger partial charge on any atom is 0.334 e. The summed E-state index contributed by atoms with van der Waals surface area (Å²) in [7, 11) is 0. The van der Waals surface area contributed by atoms with Crippen LogP contribution in [0.5, 0.6) is 0 Å². The van der Waals surface area contributed by atoms with E-state index in [1.807, 2.05) is 23.5 Å². The molecule has 0 saturated carbocycles. The Kier molecular flexibility index (Phi) is 5.65. The van der Waals surface area contributed by atoms with E-state index in [1.54, 1.807) is 0 Å². The van der Waals surface area contributed by atoms with Crippen molar-refractivity contribution in [1.29, 1.82) is 0 Å². The molecule has 6 nitrogen and oxygen atoms in total. The van der Waals surface area contributed by atoms with E-state index in [1.165, 1.54) is 10.7 Å². The number of carbonyl (C=O) groups is 2. The number of hydrogen-bond donors (Lipinski definition) is 2. The van der Waals surface area contributed by atoms with Crippen LogP contribution in [0.3, 0.4) is 0 Å². The Hall–Kier alpha value is -0.600. The number of ether oxygens (including phenoxy) is 1. The normalized spacial score (nSPS) is 27.9. The Morgan fingerprint density at radius 2 is 2.26 bits per heavy atom. The fraction of sp³-hybridized carbons (Fsp3) is 0.818. The van der Waals surface area contributed by atoms with Crippen molar-refractivity contribution >= 4 is 35.5 Å². The molecule has 0 aromatic rings. The Balaban J connectivity index is 1.74. The van der Waals surface area contributed by atoms with E-state index < -0.39 is 12.1 Å². The number of carboxylic acid groups (broad SMARTS) is 1. The first-order chi connectivity index (χ1) is 9.16. The molecule has 108 valence electrons. The molecular weight excluding hydrogens is 288 g/mol. The standard InChI is InChI=1S/C11H18N2O4S2/c14-10(15)9-6-13(1-2-17-9)11(16)12-5-8-7-18-3-4-19-8/h8-9H,1-7H2,(H,12,16)(H,14,15). The van der Waals surface area contributed by atoms with Gasteiger partial charge >= 0.3 is 12.0 Å². The topological polar surface area (TPSA) is 78.9 Å². The monoisotopic (exact) mass is 306 g/mol. The third kappa shape index (κ3) is 4.47. The molecule has 0 aliphatic carbocycles. The minimum absolute atomic E-state index is 0.119. The lowest BCUT2D eigenvalue weighted by molar-refractivity contribution is -0.154. The van der Waals surface area contributed by atoms with Crippen LogP contribution in [0.1, 0.15) is 0 Å². The molecule has 2 fully saturated rings. The van der Waals surface area contributed by atoms with Gasteiger partial charge in [0.1, 0.15) is 0 Å². The largest absolute Gasteiger partial charge is 0.479 e. The van der Waals surface area contributed by atoms with Crippen molar-refractivity contribution in [3.8, 4) is 0 Å². The summed E-state index contributed by atoms with van der Waals surface area (Å²) in [5, 5.41) is 12.2. The highest BCUT2D eigenvalue weighted by molar-refractivity contribution is 8.06. The molecule has 0 bridgehead atoms. The summed E-state index contributed by atoms with van der Waals surface area (Å²) in [6.45, 7) is 1.49. The summed E-state index contributed by atoms with van der Waals surface area (Å²) in [4.78, 5) is 24.3. The lowest BCUT2D eigenvalue weighted by atomic mass is 10.3. The molecule has 2 unspecified atom stereocenters. The number of carbonyl (C=O) groups excluding carboxylic acids is 1. The number of amides is 2. The number of aliphatic carboxylic acids is 1. The number of thioether (sulfide) groups is 2. The number of rotatable bonds is 3. The van der Waals surface area contributed by atoms with Crippen molar-refractivity contribution in [2.75, 3.05) is 43.5 Å². The van der Waals surface area contributed by atoms with Gasteiger partial charge in [0.05, 0.1) is 13.2 Å². The van der Waals surface area contributed by atoms with Gasteiger partial charge < -0.3 is 20.1 Å². The Morgan fingerprint density at radius 3 is 2.95 bits per heavy atom. The molecule has 0 aromatic carbocycles. The summed E-state index contributed by atoms with van der Waals surface area (Å²) in [6.07, 6.45) is -0.904. The molecule has 2 rings (SSSR count). The molecule has 2 atom stereocenters. The second-order valence-corrected chi connectivity index (χ2v) is 6.96. The molecule has 2 amide bonds. The highest BCUT2D eigenvalue weighted by atomic mass is 32.2. The quantitative estimate of drug-likeness (QED) is 0.782. The molecule has 2 saturated heterocycles. The number of morpholine rings is 1. The van der Waals surface area contributed by atoms with Crippen molar-refractivity contribution < 1.29 is 19.4 Å². The van der Waals surface area contributed by atoms with E-state index in [0.717, 1.165) is 11.5 Å². The van der Waals surface area contributed by atoms with E-state index in [4.69, 9.17) is 9.84 Å². The van der Waals surface area contributed by atoms with E-state index in [9.17, 15) is 9.59 Å². The summed E-state index contributed by atoms with van der Waals surface area (Å²) >= 11 is 3.80. The molecule has 8 heteroatoms. The summed E-state index contributed by atoms with van der Waals surface area (Å²) in [5.74, 6) is 2.35. The molecule has 0 spiro atoms. The molecule has 2 aliphatic heterocycles. The number of nitrogens with zero attached hydrogens (tertiary/aromatic N) is 1. The van der Waals surface area contributed by atoms with Gasteiger partial charge in [-0.1, -0.05) is 0 Å². The second kappa shape index (κ2) is 7.25. The third-order valence-corrected chi connectivity index (χ3v) is 5.84. The van der Waals surface area contributed by atoms with E-state index in [0.29, 0.717) is 18.3 Å². The van der Waals surface area contributed by atoms with Crippen molar-refractivity contribution in [2.45, 2.75) is 11.4 Å². The van der Waals surface area contributed by atoms with E-state index >= 15 is 0 Å². The van der Waals surface area contributed by atoms with Crippen LogP contribution in [0.25, 0.3) is 0 Å². The zero-order chi connectivity index (χ0) is 13.7. The van der Waals surface area contributed by atoms with E-state index in [-0.39, 0.29) is 19.2 Å². The smallest absolute Gasteiger partial charge is 0.334 e. The number of hydrogen-bond acceptors (Lipinski definition) is 5. The maximum absolute atomic E-state index is 12.0. The first-order valence-corrected chi connectivity index (χ1v) is 8.43. The number of carboxylic acids is 1. The molecule has 0 radical (unpaired) electrons. The van der Waals surface area contributed by atoms with Gasteiger partial charge in [-0.3, -0.25) is 0 Å². The van der Waals surface area contributed by atoms with Crippen molar-refractivity contribution in [1.82, 2.24) is 10.2 Å². The predicted octanol–water partition coefficient (Wildman–Crippen LogP) is 0.330. The summed E-state index contributed by atoms with van der Waals surface area (Å²) < 4.78 is 5.09. The lowest BCUT2D eigenvalue weighted by Gasteiger charge is -2.31. The van der Waals surface area contributed by atoms with Crippen LogP contribution in [0.2, 0.25) is 0 Å². The van der Waals surface area contributed by atoms with Crippen LogP contribution in [0, 0.1) is 0 Å². The Morgan fingerprint density at radius 1 is 1.42 bits per heavy atom. The van der Waals surface area contributed by atoms with Gasteiger partial charge in [0, 0.05) is 35.6 Å². The van der Waals surface area contributed by atoms with Gasteiger partial charge in [-0.15, -0.1) is 0 Å². The molecule has 19 heavy (non-hydrogen) atoms. The minimum atomic E-state index is -1.02. The Labute approximate surface area is 120 Å². The zero-order valence-corrected chi connectivity index (χ0v) is 12.2. The highest BCUT2D eigenvalue weighted by Gasteiger charge is 2.29. The predicted molar refractivity (Wildman–Crippen MR) is 75.9 cm³/mol. The van der Waals surface area contributed by atoms with Crippen molar-refractivity contribution in [3.63, 3.8) is 0 Å². The molecule has 2 N–H and O–H groups in total. The van der Waals surface area contributed by atoms with Gasteiger partial charge in [0.15, 0.2) is 6.10 Å². The lowest BCUT2D eigenvalue weighted by Crippen LogP contribution is -2.52. The van der Waals surface area contributed by atoms with Crippen LogP contribution >= 0.6 is 23.5 Å². The van der Waals surface area contributed by atoms with Gasteiger partial charge in [0.25, 0.3) is 0 Å². The third-order valence-electron chi connectivity index (χ3n) is 3.00. The fourth-order valence-electron chi connectivity index (χ4n) is 1.95. The second-order valence-electron chi connectivity index (χ2n) is 4.40. The molecule has 2 aliphatic rings. The maximum atomic E-state index is 12.0. The zero-order valence-electron chi connectivity index (χ0n) is 10.5. The van der Waals surface area contributed by atoms with Crippen LogP contribution in [-0.4, -0.2) is 76.9 Å². The minimum Gasteiger partial charge on any atom is -0.479 e. The van der Waals surface area contributed by atoms with Gasteiger partial charge in [-0.25, -0.2) is 9.59 Å². The van der Waals surface area contributed by atoms with Gasteiger partial charge in [-0.2, -0.15) is 23.5 Å². The van der Waals surface area contributed by atoms with Crippen LogP contribution in [0.4, 0.5) is 4.79 Å². The SMILES string of the molecule is O=C(O)C1CN(C(=O)NCC2CSCCS2)CCO1. The molecular formula is C11H18N2O4S2. The summed E-state index contributed by atoms with van der Waals surface area (Å²) in [5.41, 5.74) is 0. The average Bonchev–Trinajstić information content (AvgIpc) is 2.46. The number of nitrogens with one attached hydrogen (secondary N) is 1. The first-order valence-electron chi connectivity index (χ1n) is 6.23. The molecule has 0 aromatic heterocycles.